The van der Waals surface area contributed by atoms with Gasteiger partial charge in [0.25, 0.3) is 0 Å². The molecule has 0 saturated carbocycles. The van der Waals surface area contributed by atoms with Gasteiger partial charge in [-0.1, -0.05) is 6.58 Å². The maximum Gasteiger partial charge on any atom is 0.194 e. The van der Waals surface area contributed by atoms with E-state index >= 15 is 0 Å². The first kappa shape index (κ1) is 7.72. The van der Waals surface area contributed by atoms with Gasteiger partial charge in [0.2, 0.25) is 0 Å². The van der Waals surface area contributed by atoms with Crippen molar-refractivity contribution in [3.05, 3.63) is 30.9 Å². The van der Waals surface area contributed by atoms with Crippen molar-refractivity contribution >= 4 is 5.76 Å². The Bertz CT molecular complexity index is 233. The van der Waals surface area contributed by atoms with Gasteiger partial charge in [-0.25, -0.2) is 9.97 Å². The third-order valence-electron chi connectivity index (χ3n) is 1.13. The van der Waals surface area contributed by atoms with E-state index in [1.807, 2.05) is 6.92 Å². The Morgan fingerprint density at radius 2 is 2.18 bits per heavy atom. The summed E-state index contributed by atoms with van der Waals surface area (Å²) in [6.45, 7) is 6.16. The molecule has 0 aliphatic rings. The zero-order valence-corrected chi connectivity index (χ0v) is 6.45. The van der Waals surface area contributed by atoms with E-state index in [2.05, 4.69) is 16.5 Å². The van der Waals surface area contributed by atoms with Gasteiger partial charge in [-0.05, 0) is 13.0 Å². The number of hydrogen-bond acceptors (Lipinski definition) is 3. The molecule has 3 heteroatoms. The standard InChI is InChI=1S/C8H10N2O/c1-3-11-7(2)8-9-5-4-6-10-8/h4-6H,2-3H2,1H3. The summed E-state index contributed by atoms with van der Waals surface area (Å²) in [4.78, 5) is 7.92. The van der Waals surface area contributed by atoms with Crippen LogP contribution in [0.25, 0.3) is 5.76 Å². The van der Waals surface area contributed by atoms with Gasteiger partial charge in [0, 0.05) is 12.4 Å². The fourth-order valence-corrected chi connectivity index (χ4v) is 0.682. The highest BCUT2D eigenvalue weighted by atomic mass is 16.5. The van der Waals surface area contributed by atoms with Gasteiger partial charge in [-0.15, -0.1) is 0 Å². The molecule has 0 amide bonds. The molecule has 0 radical (unpaired) electrons. The molecular formula is C8H10N2O. The lowest BCUT2D eigenvalue weighted by molar-refractivity contribution is 0.296. The first-order valence-corrected chi connectivity index (χ1v) is 3.43. The molecule has 3 nitrogen and oxygen atoms in total. The van der Waals surface area contributed by atoms with Crippen molar-refractivity contribution in [2.24, 2.45) is 0 Å². The van der Waals surface area contributed by atoms with Crippen LogP contribution in [0.5, 0.6) is 0 Å². The van der Waals surface area contributed by atoms with E-state index in [-0.39, 0.29) is 0 Å². The summed E-state index contributed by atoms with van der Waals surface area (Å²) in [5.41, 5.74) is 0. The fourth-order valence-electron chi connectivity index (χ4n) is 0.682. The van der Waals surface area contributed by atoms with E-state index in [4.69, 9.17) is 4.74 Å². The Kier molecular flexibility index (Phi) is 2.60. The number of rotatable bonds is 3. The molecule has 0 atom stereocenters. The zero-order chi connectivity index (χ0) is 8.10. The molecule has 0 bridgehead atoms. The van der Waals surface area contributed by atoms with Gasteiger partial charge >= 0.3 is 0 Å². The average Bonchev–Trinajstić information content (AvgIpc) is 2.07. The highest BCUT2D eigenvalue weighted by Gasteiger charge is 1.98. The van der Waals surface area contributed by atoms with Gasteiger partial charge in [0.15, 0.2) is 11.6 Å². The highest BCUT2D eigenvalue weighted by Crippen LogP contribution is 2.05. The molecule has 1 aromatic rings. The lowest BCUT2D eigenvalue weighted by Gasteiger charge is -2.02. The van der Waals surface area contributed by atoms with Crippen LogP contribution < -0.4 is 0 Å². The van der Waals surface area contributed by atoms with Gasteiger partial charge in [-0.3, -0.25) is 0 Å². The molecule has 1 rings (SSSR count). The van der Waals surface area contributed by atoms with Crippen molar-refractivity contribution in [2.75, 3.05) is 6.61 Å². The molecule has 0 aromatic carbocycles. The molecule has 58 valence electrons. The van der Waals surface area contributed by atoms with E-state index in [1.54, 1.807) is 18.5 Å². The number of nitrogens with zero attached hydrogens (tertiary/aromatic N) is 2. The van der Waals surface area contributed by atoms with Crippen LogP contribution in [-0.4, -0.2) is 16.6 Å². The summed E-state index contributed by atoms with van der Waals surface area (Å²) < 4.78 is 5.11. The van der Waals surface area contributed by atoms with Crippen LogP contribution in [0.15, 0.2) is 25.0 Å². The molecule has 0 unspecified atom stereocenters. The molecule has 1 aromatic heterocycles. The maximum atomic E-state index is 5.11. The molecule has 11 heavy (non-hydrogen) atoms. The van der Waals surface area contributed by atoms with Crippen molar-refractivity contribution in [2.45, 2.75) is 6.92 Å². The largest absolute Gasteiger partial charge is 0.491 e. The van der Waals surface area contributed by atoms with Crippen LogP contribution >= 0.6 is 0 Å². The molecule has 0 saturated heterocycles. The molecule has 1 heterocycles. The number of hydrogen-bond donors (Lipinski definition) is 0. The lowest BCUT2D eigenvalue weighted by Crippen LogP contribution is -1.95. The van der Waals surface area contributed by atoms with Crippen LogP contribution in [0.4, 0.5) is 0 Å². The van der Waals surface area contributed by atoms with Crippen molar-refractivity contribution < 1.29 is 4.74 Å². The first-order valence-electron chi connectivity index (χ1n) is 3.43. The van der Waals surface area contributed by atoms with Crippen LogP contribution in [0.1, 0.15) is 12.7 Å². The molecular weight excluding hydrogens is 140 g/mol. The molecule has 0 aliphatic heterocycles. The van der Waals surface area contributed by atoms with E-state index < -0.39 is 0 Å². The van der Waals surface area contributed by atoms with E-state index in [1.165, 1.54) is 0 Å². The summed E-state index contributed by atoms with van der Waals surface area (Å²) in [5.74, 6) is 1.07. The van der Waals surface area contributed by atoms with Gasteiger partial charge in [-0.2, -0.15) is 0 Å². The van der Waals surface area contributed by atoms with E-state index in [0.717, 1.165) is 0 Å². The predicted octanol–water partition coefficient (Wildman–Crippen LogP) is 1.48. The molecule has 0 spiro atoms. The Morgan fingerprint density at radius 1 is 1.55 bits per heavy atom. The van der Waals surface area contributed by atoms with Crippen LogP contribution in [0.2, 0.25) is 0 Å². The normalized spacial score (nSPS) is 9.18. The summed E-state index contributed by atoms with van der Waals surface area (Å²) in [5, 5.41) is 0. The Balaban J connectivity index is 2.69. The smallest absolute Gasteiger partial charge is 0.194 e. The molecule has 0 fully saturated rings. The monoisotopic (exact) mass is 150 g/mol. The average molecular weight is 150 g/mol. The lowest BCUT2D eigenvalue weighted by atomic mass is 10.5. The Hall–Kier alpha value is -1.38. The predicted molar refractivity (Wildman–Crippen MR) is 42.7 cm³/mol. The third kappa shape index (κ3) is 2.04. The third-order valence-corrected chi connectivity index (χ3v) is 1.13. The Morgan fingerprint density at radius 3 is 2.73 bits per heavy atom. The fraction of sp³-hybridized carbons (Fsp3) is 0.250. The minimum atomic E-state index is 0.521. The van der Waals surface area contributed by atoms with Crippen LogP contribution in [0.3, 0.4) is 0 Å². The summed E-state index contributed by atoms with van der Waals surface area (Å²) in [6.07, 6.45) is 3.32. The Labute approximate surface area is 65.8 Å². The topological polar surface area (TPSA) is 35.0 Å². The van der Waals surface area contributed by atoms with Gasteiger partial charge in [0.05, 0.1) is 6.61 Å². The van der Waals surface area contributed by atoms with Crippen molar-refractivity contribution in [1.29, 1.82) is 0 Å². The molecule has 0 N–H and O–H groups in total. The number of ether oxygens (including phenoxy) is 1. The summed E-state index contributed by atoms with van der Waals surface area (Å²) >= 11 is 0. The second kappa shape index (κ2) is 3.71. The summed E-state index contributed by atoms with van der Waals surface area (Å²) in [6, 6.07) is 1.75. The van der Waals surface area contributed by atoms with E-state index in [9.17, 15) is 0 Å². The van der Waals surface area contributed by atoms with Crippen LogP contribution in [-0.2, 0) is 4.74 Å². The SMILES string of the molecule is C=C(OCC)c1ncccn1. The maximum absolute atomic E-state index is 5.11. The van der Waals surface area contributed by atoms with Crippen molar-refractivity contribution in [1.82, 2.24) is 9.97 Å². The van der Waals surface area contributed by atoms with Gasteiger partial charge < -0.3 is 4.74 Å². The first-order chi connectivity index (χ1) is 5.34. The minimum Gasteiger partial charge on any atom is -0.491 e. The van der Waals surface area contributed by atoms with Crippen molar-refractivity contribution in [3.8, 4) is 0 Å². The van der Waals surface area contributed by atoms with Crippen molar-refractivity contribution in [3.63, 3.8) is 0 Å². The van der Waals surface area contributed by atoms with E-state index in [0.29, 0.717) is 18.2 Å². The zero-order valence-electron chi connectivity index (χ0n) is 6.45. The summed E-state index contributed by atoms with van der Waals surface area (Å²) in [7, 11) is 0. The quantitative estimate of drug-likeness (QED) is 0.612. The molecule has 0 aliphatic carbocycles. The second-order valence-electron chi connectivity index (χ2n) is 1.93. The highest BCUT2D eigenvalue weighted by molar-refractivity contribution is 5.48. The van der Waals surface area contributed by atoms with Crippen LogP contribution in [0, 0.1) is 0 Å². The number of aromatic nitrogens is 2. The van der Waals surface area contributed by atoms with Gasteiger partial charge in [0.1, 0.15) is 0 Å². The second-order valence-corrected chi connectivity index (χ2v) is 1.93. The minimum absolute atomic E-state index is 0.521.